The Labute approximate surface area is 75.6 Å². The fourth-order valence-corrected chi connectivity index (χ4v) is 3.02. The van der Waals surface area contributed by atoms with Crippen LogP contribution >= 0.6 is 0 Å². The summed E-state index contributed by atoms with van der Waals surface area (Å²) in [4.78, 5) is 11.9. The molecule has 0 aromatic carbocycles. The normalized spacial score (nSPS) is 50.6. The van der Waals surface area contributed by atoms with Gasteiger partial charge in [-0.05, 0) is 0 Å². The third-order valence-corrected chi connectivity index (χ3v) is 3.47. The lowest BCUT2D eigenvalue weighted by Gasteiger charge is -2.23. The van der Waals surface area contributed by atoms with Gasteiger partial charge < -0.3 is 25.0 Å². The molecule has 0 amide bonds. The van der Waals surface area contributed by atoms with Crippen LogP contribution in [0, 0.1) is 0 Å². The van der Waals surface area contributed by atoms with Crippen molar-refractivity contribution in [2.75, 3.05) is 6.54 Å². The van der Waals surface area contributed by atoms with Crippen molar-refractivity contribution in [3.63, 3.8) is 0 Å². The van der Waals surface area contributed by atoms with Crippen LogP contribution in [0.25, 0.3) is 0 Å². The van der Waals surface area contributed by atoms with Crippen molar-refractivity contribution in [3.05, 3.63) is 0 Å². The van der Waals surface area contributed by atoms with Gasteiger partial charge in [-0.2, -0.15) is 0 Å². The number of fused-ring (bicyclic) bond motifs is 1. The van der Waals surface area contributed by atoms with Gasteiger partial charge in [-0.15, -0.1) is 0 Å². The van der Waals surface area contributed by atoms with Gasteiger partial charge in [-0.1, -0.05) is 0 Å². The Morgan fingerprint density at radius 1 is 1.46 bits per heavy atom. The Hall–Kier alpha value is -0.650. The minimum absolute atomic E-state index is 0. The lowest BCUT2D eigenvalue weighted by atomic mass is 10.1. The van der Waals surface area contributed by atoms with E-state index >= 15 is 0 Å². The van der Waals surface area contributed by atoms with Gasteiger partial charge in [0, 0.05) is 12.8 Å². The fraction of sp³-hybridized carbons (Fsp3) is 0.875. The highest BCUT2D eigenvalue weighted by Crippen LogP contribution is 2.30. The number of hydrogen-bond acceptors (Lipinski definition) is 3. The van der Waals surface area contributed by atoms with Crippen LogP contribution in [0.4, 0.5) is 0 Å². The van der Waals surface area contributed by atoms with Gasteiger partial charge in [-0.25, -0.2) is 0 Å². The predicted molar refractivity (Wildman–Crippen MR) is 39.9 cm³/mol. The van der Waals surface area contributed by atoms with Crippen molar-refractivity contribution >= 4 is 5.97 Å². The first-order valence-corrected chi connectivity index (χ1v) is 4.47. The van der Waals surface area contributed by atoms with Crippen LogP contribution in [-0.2, 0) is 9.53 Å². The molecule has 0 spiro atoms. The van der Waals surface area contributed by atoms with Crippen molar-refractivity contribution in [1.29, 1.82) is 0 Å². The Bertz CT molecular complexity index is 242. The second-order valence-corrected chi connectivity index (χ2v) is 4.03. The summed E-state index contributed by atoms with van der Waals surface area (Å²) in [6, 6.07) is 0.158. The smallest absolute Gasteiger partial charge is 0.131 e. The first-order chi connectivity index (χ1) is 5.75. The van der Waals surface area contributed by atoms with Crippen LogP contribution in [-0.4, -0.2) is 42.3 Å². The van der Waals surface area contributed by atoms with E-state index in [-0.39, 0.29) is 17.6 Å². The molecule has 0 aromatic rings. The molecule has 0 saturated carbocycles. The average Bonchev–Trinajstić information content (AvgIpc) is 2.55. The molecule has 3 N–H and O–H groups in total. The van der Waals surface area contributed by atoms with E-state index in [4.69, 9.17) is 4.74 Å². The highest BCUT2D eigenvalue weighted by Gasteiger charge is 2.58. The number of carboxylic acid groups (broad SMARTS) is 1. The first-order valence-electron chi connectivity index (χ1n) is 4.47. The SMILES string of the molecule is O.O=C([O-])[C@@H]1C[C@H]2O[C@@H]3C[C@H]2[NH+]1C3. The number of hydrogen-bond donors (Lipinski definition) is 1. The summed E-state index contributed by atoms with van der Waals surface area (Å²) in [5, 5.41) is 10.7. The number of rotatable bonds is 1. The second-order valence-electron chi connectivity index (χ2n) is 4.03. The van der Waals surface area contributed by atoms with Gasteiger partial charge in [0.15, 0.2) is 0 Å². The molecule has 0 radical (unpaired) electrons. The maximum absolute atomic E-state index is 10.7. The molecule has 3 heterocycles. The molecule has 5 heteroatoms. The number of quaternary nitrogens is 1. The molecular formula is C8H13NO4. The first kappa shape index (κ1) is 8.93. The average molecular weight is 187 g/mol. The molecule has 2 bridgehead atoms. The summed E-state index contributed by atoms with van der Waals surface area (Å²) in [7, 11) is 0. The molecular weight excluding hydrogens is 174 g/mol. The maximum Gasteiger partial charge on any atom is 0.131 e. The van der Waals surface area contributed by atoms with Crippen molar-refractivity contribution in [1.82, 2.24) is 0 Å². The molecule has 3 aliphatic heterocycles. The topological polar surface area (TPSA) is 85.3 Å². The van der Waals surface area contributed by atoms with Crippen LogP contribution in [0.5, 0.6) is 0 Å². The lowest BCUT2D eigenvalue weighted by molar-refractivity contribution is -0.923. The number of aliphatic carboxylic acids is 1. The second kappa shape index (κ2) is 2.67. The molecule has 13 heavy (non-hydrogen) atoms. The predicted octanol–water partition coefficient (Wildman–Crippen LogP) is -3.89. The standard InChI is InChI=1S/C8H11NO3.H2O/c10-8(11)6-2-7-5-1-4(12-7)3-9(5)6;/h4-7H,1-3H2,(H,10,11);1H2/t4-,5-,6+,7-;/m1./s1. The molecule has 1 unspecified atom stereocenters. The van der Waals surface area contributed by atoms with Crippen LogP contribution in [0.15, 0.2) is 0 Å². The van der Waals surface area contributed by atoms with Gasteiger partial charge in [0.1, 0.15) is 30.8 Å². The summed E-state index contributed by atoms with van der Waals surface area (Å²) in [6.45, 7) is 0.875. The number of carbonyl (C=O) groups excluding carboxylic acids is 1. The Morgan fingerprint density at radius 2 is 2.23 bits per heavy atom. The number of nitrogens with one attached hydrogen (secondary N) is 1. The fourth-order valence-electron chi connectivity index (χ4n) is 3.02. The van der Waals surface area contributed by atoms with Crippen LogP contribution in [0.2, 0.25) is 0 Å². The van der Waals surface area contributed by atoms with Gasteiger partial charge in [0.2, 0.25) is 0 Å². The monoisotopic (exact) mass is 187 g/mol. The summed E-state index contributed by atoms with van der Waals surface area (Å²) in [5.74, 6) is -0.899. The zero-order valence-electron chi connectivity index (χ0n) is 7.16. The summed E-state index contributed by atoms with van der Waals surface area (Å²) in [6.07, 6.45) is 2.27. The molecule has 5 nitrogen and oxygen atoms in total. The third-order valence-electron chi connectivity index (χ3n) is 3.47. The molecule has 74 valence electrons. The Kier molecular flexibility index (Phi) is 1.83. The summed E-state index contributed by atoms with van der Waals surface area (Å²) >= 11 is 0. The molecule has 0 aliphatic carbocycles. The molecule has 3 aliphatic rings. The summed E-state index contributed by atoms with van der Waals surface area (Å²) in [5.41, 5.74) is 0. The number of morpholine rings is 1. The van der Waals surface area contributed by atoms with Gasteiger partial charge in [0.05, 0.1) is 5.97 Å². The number of ether oxygens (including phenoxy) is 1. The van der Waals surface area contributed by atoms with E-state index in [0.717, 1.165) is 13.0 Å². The minimum atomic E-state index is -0.899. The van der Waals surface area contributed by atoms with E-state index in [1.165, 1.54) is 4.90 Å². The molecule has 3 saturated heterocycles. The van der Waals surface area contributed by atoms with Crippen molar-refractivity contribution in [2.45, 2.75) is 37.1 Å². The van der Waals surface area contributed by atoms with Gasteiger partial charge >= 0.3 is 0 Å². The van der Waals surface area contributed by atoms with E-state index in [2.05, 4.69) is 0 Å². The minimum Gasteiger partial charge on any atom is -0.544 e. The van der Waals surface area contributed by atoms with Crippen LogP contribution in [0.1, 0.15) is 12.8 Å². The van der Waals surface area contributed by atoms with E-state index in [9.17, 15) is 9.90 Å². The zero-order valence-corrected chi connectivity index (χ0v) is 7.16. The van der Waals surface area contributed by atoms with E-state index < -0.39 is 5.97 Å². The van der Waals surface area contributed by atoms with Crippen LogP contribution in [0.3, 0.4) is 0 Å². The number of carbonyl (C=O) groups is 1. The quantitative estimate of drug-likeness (QED) is 0.455. The maximum atomic E-state index is 10.7. The van der Waals surface area contributed by atoms with E-state index in [1.54, 1.807) is 0 Å². The van der Waals surface area contributed by atoms with Crippen molar-refractivity contribution in [2.24, 2.45) is 0 Å². The van der Waals surface area contributed by atoms with E-state index in [1.807, 2.05) is 0 Å². The highest BCUT2D eigenvalue weighted by atomic mass is 16.5. The van der Waals surface area contributed by atoms with E-state index in [0.29, 0.717) is 18.6 Å². The number of carboxylic acids is 1. The Morgan fingerprint density at radius 3 is 2.77 bits per heavy atom. The molecule has 3 fully saturated rings. The Balaban J connectivity index is 0.000000653. The lowest BCUT2D eigenvalue weighted by Crippen LogP contribution is -3.17. The molecule has 0 aromatic heterocycles. The molecule has 5 atom stereocenters. The zero-order chi connectivity index (χ0) is 8.29. The van der Waals surface area contributed by atoms with Crippen molar-refractivity contribution < 1.29 is 25.0 Å². The molecule has 3 rings (SSSR count). The van der Waals surface area contributed by atoms with Gasteiger partial charge in [-0.3, -0.25) is 0 Å². The van der Waals surface area contributed by atoms with Crippen LogP contribution < -0.4 is 10.0 Å². The van der Waals surface area contributed by atoms with Gasteiger partial charge in [0.25, 0.3) is 0 Å². The van der Waals surface area contributed by atoms with Crippen molar-refractivity contribution in [3.8, 4) is 0 Å². The third kappa shape index (κ3) is 1.01. The highest BCUT2D eigenvalue weighted by molar-refractivity contribution is 5.70. The largest absolute Gasteiger partial charge is 0.544 e. The summed E-state index contributed by atoms with van der Waals surface area (Å²) < 4.78 is 5.62.